The minimum Gasteiger partial charge on any atom is -0.377 e. The van der Waals surface area contributed by atoms with Crippen LogP contribution in [0.2, 0.25) is 0 Å². The van der Waals surface area contributed by atoms with Gasteiger partial charge in [0.15, 0.2) is 0 Å². The number of ether oxygens (including phenoxy) is 1. The highest BCUT2D eigenvalue weighted by molar-refractivity contribution is 5.05. The zero-order valence-corrected chi connectivity index (χ0v) is 12.8. The highest BCUT2D eigenvalue weighted by Crippen LogP contribution is 2.22. The van der Waals surface area contributed by atoms with Crippen LogP contribution in [0.15, 0.2) is 12.3 Å². The molecule has 0 saturated heterocycles. The highest BCUT2D eigenvalue weighted by atomic mass is 16.5. The molecule has 0 fully saturated rings. The van der Waals surface area contributed by atoms with E-state index < -0.39 is 0 Å². The molecule has 1 rings (SSSR count). The highest BCUT2D eigenvalue weighted by Gasteiger charge is 2.32. The third-order valence-corrected chi connectivity index (χ3v) is 4.23. The van der Waals surface area contributed by atoms with Crippen molar-refractivity contribution >= 4 is 0 Å². The van der Waals surface area contributed by atoms with Gasteiger partial charge in [0.2, 0.25) is 0 Å². The van der Waals surface area contributed by atoms with Crippen LogP contribution in [0, 0.1) is 0 Å². The summed E-state index contributed by atoms with van der Waals surface area (Å²) in [6, 6.07) is 2.53. The Morgan fingerprint density at radius 2 is 2.21 bits per heavy atom. The molecule has 5 nitrogen and oxygen atoms in total. The number of rotatable bonds is 8. The van der Waals surface area contributed by atoms with Gasteiger partial charge in [-0.3, -0.25) is 16.0 Å². The Morgan fingerprint density at radius 1 is 1.53 bits per heavy atom. The zero-order valence-electron chi connectivity index (χ0n) is 12.8. The van der Waals surface area contributed by atoms with E-state index in [1.165, 1.54) is 0 Å². The summed E-state index contributed by atoms with van der Waals surface area (Å²) in [5.74, 6) is 5.69. The van der Waals surface area contributed by atoms with Crippen molar-refractivity contribution in [3.63, 3.8) is 0 Å². The summed E-state index contributed by atoms with van der Waals surface area (Å²) >= 11 is 0. The van der Waals surface area contributed by atoms with Crippen LogP contribution in [0.1, 0.15) is 52.3 Å². The maximum Gasteiger partial charge on any atom is 0.0817 e. The number of aromatic nitrogens is 2. The molecule has 0 spiro atoms. The van der Waals surface area contributed by atoms with Crippen LogP contribution in [0.25, 0.3) is 0 Å². The Labute approximate surface area is 116 Å². The van der Waals surface area contributed by atoms with Crippen molar-refractivity contribution in [2.45, 2.75) is 64.6 Å². The van der Waals surface area contributed by atoms with Gasteiger partial charge >= 0.3 is 0 Å². The van der Waals surface area contributed by atoms with Crippen molar-refractivity contribution < 1.29 is 4.74 Å². The molecule has 0 aliphatic heterocycles. The largest absolute Gasteiger partial charge is 0.377 e. The Morgan fingerprint density at radius 3 is 2.68 bits per heavy atom. The number of hydrogen-bond donors (Lipinski definition) is 2. The smallest absolute Gasteiger partial charge is 0.0817 e. The quantitative estimate of drug-likeness (QED) is 0.559. The third-order valence-electron chi connectivity index (χ3n) is 4.23. The lowest BCUT2D eigenvalue weighted by atomic mass is 9.90. The lowest BCUT2D eigenvalue weighted by Crippen LogP contribution is -2.53. The summed E-state index contributed by atoms with van der Waals surface area (Å²) in [6.45, 7) is 8.50. The lowest BCUT2D eigenvalue weighted by molar-refractivity contribution is -0.0290. The number of hydrazine groups is 1. The first-order chi connectivity index (χ1) is 9.00. The van der Waals surface area contributed by atoms with E-state index in [1.807, 2.05) is 10.9 Å². The number of nitrogens with one attached hydrogen (secondary N) is 1. The third kappa shape index (κ3) is 3.78. The average molecular weight is 268 g/mol. The van der Waals surface area contributed by atoms with Crippen molar-refractivity contribution in [1.29, 1.82) is 0 Å². The zero-order chi connectivity index (χ0) is 14.5. The van der Waals surface area contributed by atoms with Gasteiger partial charge in [-0.05, 0) is 32.8 Å². The molecule has 110 valence electrons. The van der Waals surface area contributed by atoms with E-state index in [0.29, 0.717) is 6.04 Å². The molecule has 19 heavy (non-hydrogen) atoms. The molecule has 0 radical (unpaired) electrons. The molecule has 0 aromatic carbocycles. The second-order valence-electron chi connectivity index (χ2n) is 5.34. The first-order valence-corrected chi connectivity index (χ1v) is 7.06. The molecule has 5 heteroatoms. The van der Waals surface area contributed by atoms with Gasteiger partial charge in [0, 0.05) is 25.8 Å². The maximum absolute atomic E-state index is 5.69. The summed E-state index contributed by atoms with van der Waals surface area (Å²) in [5, 5.41) is 4.62. The van der Waals surface area contributed by atoms with Crippen LogP contribution in [-0.4, -0.2) is 28.5 Å². The molecule has 0 bridgehead atoms. The molecule has 0 amide bonds. The number of methoxy groups -OCH3 is 1. The van der Waals surface area contributed by atoms with E-state index in [-0.39, 0.29) is 11.6 Å². The lowest BCUT2D eigenvalue weighted by Gasteiger charge is -2.35. The van der Waals surface area contributed by atoms with Crippen LogP contribution in [-0.2, 0) is 11.2 Å². The molecule has 0 aliphatic rings. The van der Waals surface area contributed by atoms with Crippen LogP contribution >= 0.6 is 0 Å². The van der Waals surface area contributed by atoms with Crippen molar-refractivity contribution in [2.24, 2.45) is 5.84 Å². The minimum atomic E-state index is -0.283. The average Bonchev–Trinajstić information content (AvgIpc) is 2.91. The normalized spacial score (nSPS) is 18.0. The van der Waals surface area contributed by atoms with Gasteiger partial charge in [-0.15, -0.1) is 0 Å². The van der Waals surface area contributed by atoms with Crippen LogP contribution in [0.3, 0.4) is 0 Å². The second kappa shape index (κ2) is 7.03. The van der Waals surface area contributed by atoms with Gasteiger partial charge in [-0.2, -0.15) is 5.10 Å². The SMILES string of the molecule is CCC(C)n1ccc(CC(NN)C(C)(CC)OC)n1. The Hall–Kier alpha value is -0.910. The topological polar surface area (TPSA) is 65.1 Å². The van der Waals surface area contributed by atoms with E-state index in [1.54, 1.807) is 7.11 Å². The predicted octanol–water partition coefficient (Wildman–Crippen LogP) is 2.04. The Bertz CT molecular complexity index is 373. The van der Waals surface area contributed by atoms with E-state index in [4.69, 9.17) is 10.6 Å². The molecule has 3 atom stereocenters. The molecule has 3 N–H and O–H groups in total. The van der Waals surface area contributed by atoms with E-state index in [9.17, 15) is 0 Å². The predicted molar refractivity (Wildman–Crippen MR) is 77.7 cm³/mol. The fourth-order valence-corrected chi connectivity index (χ4v) is 2.11. The second-order valence-corrected chi connectivity index (χ2v) is 5.34. The van der Waals surface area contributed by atoms with Gasteiger partial charge in [-0.25, -0.2) is 0 Å². The Kier molecular flexibility index (Phi) is 5.97. The van der Waals surface area contributed by atoms with Gasteiger partial charge in [0.1, 0.15) is 0 Å². The first-order valence-electron chi connectivity index (χ1n) is 7.06. The summed E-state index contributed by atoms with van der Waals surface area (Å²) in [6.07, 6.45) is 4.76. The minimum absolute atomic E-state index is 0.0442. The van der Waals surface area contributed by atoms with Gasteiger partial charge in [0.05, 0.1) is 17.3 Å². The molecule has 1 aromatic heterocycles. The molecule has 3 unspecified atom stereocenters. The summed E-state index contributed by atoms with van der Waals surface area (Å²) in [4.78, 5) is 0. The molecule has 1 heterocycles. The number of nitrogens with two attached hydrogens (primary N) is 1. The summed E-state index contributed by atoms with van der Waals surface area (Å²) < 4.78 is 7.62. The molecular formula is C14H28N4O. The fraction of sp³-hybridized carbons (Fsp3) is 0.786. The van der Waals surface area contributed by atoms with Crippen molar-refractivity contribution in [1.82, 2.24) is 15.2 Å². The molecule has 0 saturated carbocycles. The van der Waals surface area contributed by atoms with Crippen LogP contribution in [0.4, 0.5) is 0 Å². The van der Waals surface area contributed by atoms with E-state index >= 15 is 0 Å². The van der Waals surface area contributed by atoms with E-state index in [2.05, 4.69) is 44.3 Å². The maximum atomic E-state index is 5.69. The Balaban J connectivity index is 2.79. The standard InChI is InChI=1S/C14H28N4O/c1-6-11(3)18-9-8-12(17-18)10-13(16-15)14(4,7-2)19-5/h8-9,11,13,16H,6-7,10,15H2,1-5H3. The fourth-order valence-electron chi connectivity index (χ4n) is 2.11. The van der Waals surface area contributed by atoms with Crippen LogP contribution < -0.4 is 11.3 Å². The van der Waals surface area contributed by atoms with E-state index in [0.717, 1.165) is 25.0 Å². The van der Waals surface area contributed by atoms with Gasteiger partial charge < -0.3 is 4.74 Å². The van der Waals surface area contributed by atoms with Gasteiger partial charge in [0.25, 0.3) is 0 Å². The summed E-state index contributed by atoms with van der Waals surface area (Å²) in [7, 11) is 1.73. The van der Waals surface area contributed by atoms with Crippen molar-refractivity contribution in [3.8, 4) is 0 Å². The monoisotopic (exact) mass is 268 g/mol. The summed E-state index contributed by atoms with van der Waals surface area (Å²) in [5.41, 5.74) is 3.63. The molecule has 1 aromatic rings. The van der Waals surface area contributed by atoms with Crippen LogP contribution in [0.5, 0.6) is 0 Å². The number of nitrogens with zero attached hydrogens (tertiary/aromatic N) is 2. The molecule has 0 aliphatic carbocycles. The first kappa shape index (κ1) is 16.1. The van der Waals surface area contributed by atoms with Crippen molar-refractivity contribution in [3.05, 3.63) is 18.0 Å². The molecular weight excluding hydrogens is 240 g/mol. The number of hydrogen-bond acceptors (Lipinski definition) is 4. The van der Waals surface area contributed by atoms with Gasteiger partial charge in [-0.1, -0.05) is 13.8 Å². The van der Waals surface area contributed by atoms with Crippen molar-refractivity contribution in [2.75, 3.05) is 7.11 Å².